The zero-order valence-electron chi connectivity index (χ0n) is 12.2. The summed E-state index contributed by atoms with van der Waals surface area (Å²) in [7, 11) is 0. The predicted molar refractivity (Wildman–Crippen MR) is 79.9 cm³/mol. The van der Waals surface area contributed by atoms with Gasteiger partial charge in [-0.25, -0.2) is 4.79 Å². The number of hydrogen-bond acceptors (Lipinski definition) is 5. The largest absolute Gasteiger partial charge is 0.480 e. The molecule has 1 aromatic rings. The fourth-order valence-corrected chi connectivity index (χ4v) is 1.79. The number of nitrogens with two attached hydrogens (primary N) is 1. The van der Waals surface area contributed by atoms with Crippen molar-refractivity contribution in [3.8, 4) is 5.75 Å². The Balaban J connectivity index is 2.72. The highest BCUT2D eigenvalue weighted by Gasteiger charge is 2.17. The first kappa shape index (κ1) is 17.1. The number of amidine groups is 1. The molecule has 6 nitrogen and oxygen atoms in total. The first-order valence-electron chi connectivity index (χ1n) is 6.31. The molecule has 1 aromatic carbocycles. The van der Waals surface area contributed by atoms with Gasteiger partial charge in [0.2, 0.25) is 0 Å². The Labute approximate surface area is 128 Å². The van der Waals surface area contributed by atoms with Gasteiger partial charge in [-0.05, 0) is 32.4 Å². The quantitative estimate of drug-likeness (QED) is 0.286. The van der Waals surface area contributed by atoms with Gasteiger partial charge >= 0.3 is 5.97 Å². The van der Waals surface area contributed by atoms with E-state index in [9.17, 15) is 4.79 Å². The standard InChI is InChI=1S/C14H19ClN2O4/c1-14(2,3)21-12(18)8-20-10-6-4-5-9(13(10)15)7-11(16)17-19/h4-6,19H,7-8H2,1-3H3,(H2,16,17). The van der Waals surface area contributed by atoms with E-state index in [-0.39, 0.29) is 18.9 Å². The third-order valence-corrected chi connectivity index (χ3v) is 2.74. The molecule has 3 N–H and O–H groups in total. The lowest BCUT2D eigenvalue weighted by Crippen LogP contribution is -2.27. The number of ether oxygens (including phenoxy) is 2. The van der Waals surface area contributed by atoms with Crippen LogP contribution in [0.5, 0.6) is 5.75 Å². The van der Waals surface area contributed by atoms with Crippen molar-refractivity contribution in [2.45, 2.75) is 32.8 Å². The van der Waals surface area contributed by atoms with E-state index >= 15 is 0 Å². The van der Waals surface area contributed by atoms with Gasteiger partial charge in [0.25, 0.3) is 0 Å². The second kappa shape index (κ2) is 7.17. The average molecular weight is 315 g/mol. The summed E-state index contributed by atoms with van der Waals surface area (Å²) in [6.07, 6.45) is 0.180. The SMILES string of the molecule is CC(C)(C)OC(=O)COc1cccc(CC(N)=NO)c1Cl. The number of benzene rings is 1. The van der Waals surface area contributed by atoms with E-state index in [0.717, 1.165) is 0 Å². The molecular formula is C14H19ClN2O4. The summed E-state index contributed by atoms with van der Waals surface area (Å²) in [4.78, 5) is 11.6. The third kappa shape index (κ3) is 5.91. The lowest BCUT2D eigenvalue weighted by atomic mass is 10.1. The smallest absolute Gasteiger partial charge is 0.344 e. The maximum Gasteiger partial charge on any atom is 0.344 e. The second-order valence-corrected chi connectivity index (χ2v) is 5.75. The van der Waals surface area contributed by atoms with Crippen LogP contribution in [0.4, 0.5) is 0 Å². The summed E-state index contributed by atoms with van der Waals surface area (Å²) in [6, 6.07) is 5.06. The van der Waals surface area contributed by atoms with E-state index < -0.39 is 11.6 Å². The molecule has 1 rings (SSSR count). The third-order valence-electron chi connectivity index (χ3n) is 2.31. The molecular weight excluding hydrogens is 296 g/mol. The molecule has 0 heterocycles. The van der Waals surface area contributed by atoms with Gasteiger partial charge in [0, 0.05) is 6.42 Å². The van der Waals surface area contributed by atoms with Crippen LogP contribution in [-0.4, -0.2) is 29.2 Å². The molecule has 0 saturated carbocycles. The number of carbonyl (C=O) groups is 1. The van der Waals surface area contributed by atoms with E-state index in [1.807, 2.05) is 0 Å². The van der Waals surface area contributed by atoms with Gasteiger partial charge in [-0.3, -0.25) is 0 Å². The fourth-order valence-electron chi connectivity index (χ4n) is 1.54. The number of halogens is 1. The molecule has 7 heteroatoms. The highest BCUT2D eigenvalue weighted by atomic mass is 35.5. The van der Waals surface area contributed by atoms with Crippen LogP contribution in [0.2, 0.25) is 5.02 Å². The monoisotopic (exact) mass is 314 g/mol. The van der Waals surface area contributed by atoms with Crippen molar-refractivity contribution in [1.82, 2.24) is 0 Å². The summed E-state index contributed by atoms with van der Waals surface area (Å²) >= 11 is 6.16. The van der Waals surface area contributed by atoms with Gasteiger partial charge < -0.3 is 20.4 Å². The minimum absolute atomic E-state index is 0.0289. The highest BCUT2D eigenvalue weighted by Crippen LogP contribution is 2.28. The molecule has 0 radical (unpaired) electrons. The Morgan fingerprint density at radius 2 is 2.10 bits per heavy atom. The van der Waals surface area contributed by atoms with Gasteiger partial charge in [0.15, 0.2) is 6.61 Å². The topological polar surface area (TPSA) is 94.1 Å². The lowest BCUT2D eigenvalue weighted by molar-refractivity contribution is -0.157. The Kier molecular flexibility index (Phi) is 5.84. The normalized spacial score (nSPS) is 12.1. The zero-order valence-corrected chi connectivity index (χ0v) is 13.0. The maximum absolute atomic E-state index is 11.6. The highest BCUT2D eigenvalue weighted by molar-refractivity contribution is 6.33. The van der Waals surface area contributed by atoms with Crippen LogP contribution in [-0.2, 0) is 16.0 Å². The minimum Gasteiger partial charge on any atom is -0.480 e. The Hall–Kier alpha value is -1.95. The van der Waals surface area contributed by atoms with Crippen molar-refractivity contribution in [3.63, 3.8) is 0 Å². The summed E-state index contributed by atoms with van der Waals surface area (Å²) in [5.41, 5.74) is 5.50. The van der Waals surface area contributed by atoms with Crippen LogP contribution in [0.15, 0.2) is 23.4 Å². The fraction of sp³-hybridized carbons (Fsp3) is 0.429. The van der Waals surface area contributed by atoms with Gasteiger partial charge in [-0.1, -0.05) is 28.9 Å². The molecule has 0 saturated heterocycles. The summed E-state index contributed by atoms with van der Waals surface area (Å²) in [6.45, 7) is 5.07. The molecule has 116 valence electrons. The lowest BCUT2D eigenvalue weighted by Gasteiger charge is -2.19. The molecule has 0 atom stereocenters. The van der Waals surface area contributed by atoms with Crippen LogP contribution in [0.25, 0.3) is 0 Å². The van der Waals surface area contributed by atoms with E-state index in [1.54, 1.807) is 39.0 Å². The van der Waals surface area contributed by atoms with Crippen LogP contribution >= 0.6 is 11.6 Å². The predicted octanol–water partition coefficient (Wildman–Crippen LogP) is 2.35. The van der Waals surface area contributed by atoms with Gasteiger partial charge in [-0.15, -0.1) is 0 Å². The van der Waals surface area contributed by atoms with Crippen LogP contribution in [0.1, 0.15) is 26.3 Å². The number of rotatable bonds is 5. The Morgan fingerprint density at radius 3 is 2.67 bits per heavy atom. The number of esters is 1. The molecule has 0 aromatic heterocycles. The van der Waals surface area contributed by atoms with Gasteiger partial charge in [-0.2, -0.15) is 0 Å². The van der Waals surface area contributed by atoms with Crippen LogP contribution in [0, 0.1) is 0 Å². The van der Waals surface area contributed by atoms with Crippen molar-refractivity contribution < 1.29 is 19.5 Å². The van der Waals surface area contributed by atoms with Crippen molar-refractivity contribution in [1.29, 1.82) is 0 Å². The molecule has 0 aliphatic carbocycles. The first-order valence-corrected chi connectivity index (χ1v) is 6.69. The van der Waals surface area contributed by atoms with E-state index in [2.05, 4.69) is 5.16 Å². The first-order chi connectivity index (χ1) is 9.73. The maximum atomic E-state index is 11.6. The Morgan fingerprint density at radius 1 is 1.43 bits per heavy atom. The number of nitrogens with zero attached hydrogens (tertiary/aromatic N) is 1. The number of carbonyl (C=O) groups excluding carboxylic acids is 1. The second-order valence-electron chi connectivity index (χ2n) is 5.37. The molecule has 0 spiro atoms. The number of hydrogen-bond donors (Lipinski definition) is 2. The summed E-state index contributed by atoms with van der Waals surface area (Å²) in [5.74, 6) is -0.118. The summed E-state index contributed by atoms with van der Waals surface area (Å²) < 4.78 is 10.5. The van der Waals surface area contributed by atoms with Crippen molar-refractivity contribution >= 4 is 23.4 Å². The molecule has 0 fully saturated rings. The molecule has 0 aliphatic heterocycles. The molecule has 21 heavy (non-hydrogen) atoms. The van der Waals surface area contributed by atoms with Crippen LogP contribution < -0.4 is 10.5 Å². The van der Waals surface area contributed by atoms with E-state index in [4.69, 9.17) is 32.0 Å². The van der Waals surface area contributed by atoms with E-state index in [0.29, 0.717) is 16.3 Å². The Bertz CT molecular complexity index is 538. The molecule has 0 aliphatic rings. The van der Waals surface area contributed by atoms with Crippen molar-refractivity contribution in [3.05, 3.63) is 28.8 Å². The van der Waals surface area contributed by atoms with E-state index in [1.165, 1.54) is 0 Å². The number of oxime groups is 1. The van der Waals surface area contributed by atoms with Crippen LogP contribution in [0.3, 0.4) is 0 Å². The molecule has 0 unspecified atom stereocenters. The zero-order chi connectivity index (χ0) is 16.0. The minimum atomic E-state index is -0.571. The summed E-state index contributed by atoms with van der Waals surface area (Å²) in [5, 5.41) is 11.8. The average Bonchev–Trinajstić information content (AvgIpc) is 2.37. The van der Waals surface area contributed by atoms with Gasteiger partial charge in [0.1, 0.15) is 17.2 Å². The van der Waals surface area contributed by atoms with Gasteiger partial charge in [0.05, 0.1) is 5.02 Å². The van der Waals surface area contributed by atoms with Crippen molar-refractivity contribution in [2.24, 2.45) is 10.9 Å². The molecule has 0 bridgehead atoms. The molecule has 0 amide bonds. The van der Waals surface area contributed by atoms with Crippen molar-refractivity contribution in [2.75, 3.05) is 6.61 Å².